The average Bonchev–Trinajstić information content (AvgIpc) is 2.70. The molecule has 1 aliphatic rings. The number of amides is 3. The van der Waals surface area contributed by atoms with Gasteiger partial charge in [0.15, 0.2) is 0 Å². The van der Waals surface area contributed by atoms with E-state index in [0.29, 0.717) is 32.1 Å². The molecule has 9 heteroatoms. The number of rotatable bonds is 4. The number of hydrogen-bond donors (Lipinski definition) is 2. The van der Waals surface area contributed by atoms with Crippen molar-refractivity contribution in [2.45, 2.75) is 13.0 Å². The zero-order chi connectivity index (χ0) is 19.2. The van der Waals surface area contributed by atoms with Crippen molar-refractivity contribution in [3.63, 3.8) is 0 Å². The van der Waals surface area contributed by atoms with E-state index in [1.54, 1.807) is 36.4 Å². The molecular weight excluding hydrogens is 351 g/mol. The van der Waals surface area contributed by atoms with Crippen molar-refractivity contribution < 1.29 is 14.0 Å². The van der Waals surface area contributed by atoms with Gasteiger partial charge >= 0.3 is 6.03 Å². The van der Waals surface area contributed by atoms with Gasteiger partial charge in [-0.2, -0.15) is 0 Å². The van der Waals surface area contributed by atoms with Crippen LogP contribution in [0, 0.1) is 5.82 Å². The summed E-state index contributed by atoms with van der Waals surface area (Å²) in [6.07, 6.45) is 3.36. The molecule has 0 saturated carbocycles. The number of para-hydroxylation sites is 1. The monoisotopic (exact) mass is 372 g/mol. The van der Waals surface area contributed by atoms with Crippen LogP contribution < -0.4 is 15.5 Å². The van der Waals surface area contributed by atoms with E-state index < -0.39 is 17.8 Å². The van der Waals surface area contributed by atoms with Crippen molar-refractivity contribution in [1.29, 1.82) is 0 Å². The lowest BCUT2D eigenvalue weighted by molar-refractivity contribution is -0.117. The van der Waals surface area contributed by atoms with Gasteiger partial charge in [-0.1, -0.05) is 12.1 Å². The molecular formula is C18H21FN6O2. The summed E-state index contributed by atoms with van der Waals surface area (Å²) in [5.41, 5.74) is 0.0834. The Morgan fingerprint density at radius 1 is 1.07 bits per heavy atom. The summed E-state index contributed by atoms with van der Waals surface area (Å²) >= 11 is 0. The molecule has 0 bridgehead atoms. The summed E-state index contributed by atoms with van der Waals surface area (Å²) in [6, 6.07) is 6.50. The van der Waals surface area contributed by atoms with Crippen LogP contribution in [-0.2, 0) is 4.79 Å². The van der Waals surface area contributed by atoms with E-state index in [2.05, 4.69) is 20.6 Å². The molecule has 3 rings (SSSR count). The Morgan fingerprint density at radius 2 is 1.74 bits per heavy atom. The van der Waals surface area contributed by atoms with Crippen LogP contribution in [-0.4, -0.2) is 59.0 Å². The lowest BCUT2D eigenvalue weighted by Crippen LogP contribution is -2.55. The van der Waals surface area contributed by atoms with Crippen molar-refractivity contribution in [1.82, 2.24) is 20.2 Å². The third-order valence-corrected chi connectivity index (χ3v) is 4.27. The molecule has 1 aliphatic heterocycles. The highest BCUT2D eigenvalue weighted by Gasteiger charge is 2.25. The van der Waals surface area contributed by atoms with E-state index in [4.69, 9.17) is 0 Å². The topological polar surface area (TPSA) is 90.5 Å². The van der Waals surface area contributed by atoms with E-state index >= 15 is 0 Å². The number of urea groups is 1. The summed E-state index contributed by atoms with van der Waals surface area (Å²) in [7, 11) is 0. The fraction of sp³-hybridized carbons (Fsp3) is 0.333. The zero-order valence-electron chi connectivity index (χ0n) is 14.9. The molecule has 1 saturated heterocycles. The minimum absolute atomic E-state index is 0.0834. The van der Waals surface area contributed by atoms with Gasteiger partial charge in [-0.25, -0.2) is 19.2 Å². The lowest BCUT2D eigenvalue weighted by atomic mass is 10.2. The second-order valence-electron chi connectivity index (χ2n) is 6.16. The molecule has 1 atom stereocenters. The number of benzene rings is 1. The van der Waals surface area contributed by atoms with Gasteiger partial charge in [0.25, 0.3) is 0 Å². The maximum Gasteiger partial charge on any atom is 0.318 e. The molecule has 142 valence electrons. The maximum atomic E-state index is 13.6. The highest BCUT2D eigenvalue weighted by Crippen LogP contribution is 2.13. The first kappa shape index (κ1) is 18.6. The van der Waals surface area contributed by atoms with Crippen LogP contribution in [0.1, 0.15) is 6.92 Å². The molecule has 0 spiro atoms. The number of piperazine rings is 1. The Hall–Kier alpha value is -3.23. The van der Waals surface area contributed by atoms with Crippen LogP contribution in [0.15, 0.2) is 42.7 Å². The lowest BCUT2D eigenvalue weighted by Gasteiger charge is -2.35. The number of carbonyl (C=O) groups excluding carboxylic acids is 2. The minimum Gasteiger partial charge on any atom is -0.337 e. The maximum absolute atomic E-state index is 13.6. The molecule has 2 aromatic rings. The van der Waals surface area contributed by atoms with E-state index in [-0.39, 0.29) is 11.7 Å². The predicted octanol–water partition coefficient (Wildman–Crippen LogP) is 1.47. The fourth-order valence-electron chi connectivity index (χ4n) is 2.71. The van der Waals surface area contributed by atoms with Gasteiger partial charge in [0.05, 0.1) is 5.69 Å². The van der Waals surface area contributed by atoms with Gasteiger partial charge in [-0.3, -0.25) is 4.79 Å². The first-order valence-corrected chi connectivity index (χ1v) is 8.67. The smallest absolute Gasteiger partial charge is 0.318 e. The largest absolute Gasteiger partial charge is 0.337 e. The molecule has 1 aromatic carbocycles. The SMILES string of the molecule is C[C@H](NC(=O)N1CCN(c2ncccn2)CC1)C(=O)Nc1ccccc1F. The molecule has 0 aliphatic carbocycles. The predicted molar refractivity (Wildman–Crippen MR) is 98.8 cm³/mol. The average molecular weight is 372 g/mol. The number of hydrogen-bond acceptors (Lipinski definition) is 5. The molecule has 2 heterocycles. The molecule has 0 unspecified atom stereocenters. The molecule has 8 nitrogen and oxygen atoms in total. The zero-order valence-corrected chi connectivity index (χ0v) is 14.9. The second kappa shape index (κ2) is 8.43. The summed E-state index contributed by atoms with van der Waals surface area (Å²) in [5.74, 6) is -0.372. The van der Waals surface area contributed by atoms with Crippen molar-refractivity contribution in [3.05, 3.63) is 48.5 Å². The third-order valence-electron chi connectivity index (χ3n) is 4.27. The molecule has 1 aromatic heterocycles. The quantitative estimate of drug-likeness (QED) is 0.848. The highest BCUT2D eigenvalue weighted by atomic mass is 19.1. The van der Waals surface area contributed by atoms with Gasteiger partial charge in [-0.15, -0.1) is 0 Å². The van der Waals surface area contributed by atoms with Gasteiger partial charge in [-0.05, 0) is 25.1 Å². The van der Waals surface area contributed by atoms with Crippen LogP contribution in [0.4, 0.5) is 20.8 Å². The van der Waals surface area contributed by atoms with Crippen molar-refractivity contribution in [2.75, 3.05) is 36.4 Å². The van der Waals surface area contributed by atoms with Crippen molar-refractivity contribution in [3.8, 4) is 0 Å². The number of anilines is 2. The number of carbonyl (C=O) groups is 2. The van der Waals surface area contributed by atoms with Crippen molar-refractivity contribution in [2.24, 2.45) is 0 Å². The van der Waals surface area contributed by atoms with Crippen LogP contribution in [0.3, 0.4) is 0 Å². The first-order chi connectivity index (χ1) is 13.0. The van der Waals surface area contributed by atoms with Gasteiger partial charge in [0, 0.05) is 38.6 Å². The molecule has 3 amide bonds. The number of nitrogens with zero attached hydrogens (tertiary/aromatic N) is 4. The Morgan fingerprint density at radius 3 is 2.41 bits per heavy atom. The Labute approximate surface area is 156 Å². The van der Waals surface area contributed by atoms with Gasteiger partial charge in [0.2, 0.25) is 11.9 Å². The molecule has 27 heavy (non-hydrogen) atoms. The number of aromatic nitrogens is 2. The third kappa shape index (κ3) is 4.69. The van der Waals surface area contributed by atoms with Crippen LogP contribution in [0.2, 0.25) is 0 Å². The Bertz CT molecular complexity index is 795. The standard InChI is InChI=1S/C18H21FN6O2/c1-13(16(26)23-15-6-3-2-5-14(15)19)22-18(27)25-11-9-24(10-12-25)17-20-7-4-8-21-17/h2-8,13H,9-12H2,1H3,(H,22,27)(H,23,26)/t13-/m0/s1. The van der Waals surface area contributed by atoms with E-state index in [9.17, 15) is 14.0 Å². The van der Waals surface area contributed by atoms with E-state index in [1.807, 2.05) is 4.90 Å². The summed E-state index contributed by atoms with van der Waals surface area (Å²) in [5, 5.41) is 5.12. The summed E-state index contributed by atoms with van der Waals surface area (Å²) in [6.45, 7) is 3.75. The minimum atomic E-state index is -0.799. The molecule has 2 N–H and O–H groups in total. The van der Waals surface area contributed by atoms with Crippen LogP contribution in [0.5, 0.6) is 0 Å². The van der Waals surface area contributed by atoms with Crippen LogP contribution in [0.25, 0.3) is 0 Å². The van der Waals surface area contributed by atoms with Crippen molar-refractivity contribution >= 4 is 23.6 Å². The first-order valence-electron chi connectivity index (χ1n) is 8.67. The second-order valence-corrected chi connectivity index (χ2v) is 6.16. The van der Waals surface area contributed by atoms with Gasteiger partial charge in [0.1, 0.15) is 11.9 Å². The van der Waals surface area contributed by atoms with Gasteiger partial charge < -0.3 is 20.4 Å². The highest BCUT2D eigenvalue weighted by molar-refractivity contribution is 5.96. The Kier molecular flexibility index (Phi) is 5.80. The Balaban J connectivity index is 1.49. The molecule has 1 fully saturated rings. The van der Waals surface area contributed by atoms with E-state index in [1.165, 1.54) is 18.2 Å². The summed E-state index contributed by atoms with van der Waals surface area (Å²) < 4.78 is 13.6. The normalized spacial score (nSPS) is 15.2. The summed E-state index contributed by atoms with van der Waals surface area (Å²) in [4.78, 5) is 36.6. The number of halogens is 1. The number of nitrogens with one attached hydrogen (secondary N) is 2. The van der Waals surface area contributed by atoms with E-state index in [0.717, 1.165) is 0 Å². The fourth-order valence-corrected chi connectivity index (χ4v) is 2.71. The molecule has 0 radical (unpaired) electrons. The van der Waals surface area contributed by atoms with Crippen LogP contribution >= 0.6 is 0 Å².